The molecule has 0 atom stereocenters. The number of hydrogen-bond acceptors (Lipinski definition) is 7. The van der Waals surface area contributed by atoms with Gasteiger partial charge in [0.2, 0.25) is 5.91 Å². The molecule has 0 aliphatic carbocycles. The van der Waals surface area contributed by atoms with Gasteiger partial charge in [-0.05, 0) is 11.8 Å². The van der Waals surface area contributed by atoms with E-state index in [-0.39, 0.29) is 28.8 Å². The van der Waals surface area contributed by atoms with Crippen molar-refractivity contribution in [1.82, 2.24) is 5.32 Å². The van der Waals surface area contributed by atoms with Crippen LogP contribution in [-0.4, -0.2) is 76.9 Å². The monoisotopic (exact) mass is 459 g/mol. The van der Waals surface area contributed by atoms with E-state index < -0.39 is 0 Å². The standard InChI is InChI=1S/C24H45NO7/c1-20(2)22(27)8-6-7-21(26)9-11-29-13-15-31-17-18-32-16-14-30-12-10-25-23(28)19-24(3,4)5/h20H,6-19H2,1-5H3,(H,25,28). The summed E-state index contributed by atoms with van der Waals surface area (Å²) in [5.74, 6) is 0.418. The Morgan fingerprint density at radius 3 is 1.72 bits per heavy atom. The molecule has 8 nitrogen and oxygen atoms in total. The molecule has 0 heterocycles. The van der Waals surface area contributed by atoms with Crippen molar-refractivity contribution in [3.63, 3.8) is 0 Å². The molecule has 1 amide bonds. The summed E-state index contributed by atoms with van der Waals surface area (Å²) < 4.78 is 21.6. The predicted molar refractivity (Wildman–Crippen MR) is 124 cm³/mol. The highest BCUT2D eigenvalue weighted by Crippen LogP contribution is 2.17. The third kappa shape index (κ3) is 21.9. The van der Waals surface area contributed by atoms with Crippen molar-refractivity contribution in [2.45, 2.75) is 66.7 Å². The van der Waals surface area contributed by atoms with Crippen LogP contribution in [0, 0.1) is 11.3 Å². The Kier molecular flexibility index (Phi) is 18.3. The highest BCUT2D eigenvalue weighted by atomic mass is 16.6. The highest BCUT2D eigenvalue weighted by molar-refractivity contribution is 5.82. The lowest BCUT2D eigenvalue weighted by atomic mass is 9.92. The minimum atomic E-state index is -0.0116. The molecule has 0 aromatic heterocycles. The maximum absolute atomic E-state index is 11.7. The first-order chi connectivity index (χ1) is 15.1. The lowest BCUT2D eigenvalue weighted by Gasteiger charge is -2.17. The number of Topliss-reactive ketones (excluding diaryl/α,β-unsaturated/α-hetero) is 2. The fourth-order valence-corrected chi connectivity index (χ4v) is 2.63. The van der Waals surface area contributed by atoms with Crippen LogP contribution in [0.15, 0.2) is 0 Å². The van der Waals surface area contributed by atoms with Gasteiger partial charge in [0.05, 0.1) is 52.9 Å². The summed E-state index contributed by atoms with van der Waals surface area (Å²) in [6, 6.07) is 0. The van der Waals surface area contributed by atoms with Gasteiger partial charge >= 0.3 is 0 Å². The van der Waals surface area contributed by atoms with Gasteiger partial charge in [-0.15, -0.1) is 0 Å². The molecule has 0 aliphatic heterocycles. The number of amides is 1. The van der Waals surface area contributed by atoms with Crippen LogP contribution in [-0.2, 0) is 33.3 Å². The minimum absolute atomic E-state index is 0.0116. The van der Waals surface area contributed by atoms with Crippen LogP contribution in [0.5, 0.6) is 0 Å². The first-order valence-electron chi connectivity index (χ1n) is 11.7. The first kappa shape index (κ1) is 30.6. The van der Waals surface area contributed by atoms with Crippen LogP contribution >= 0.6 is 0 Å². The van der Waals surface area contributed by atoms with Crippen molar-refractivity contribution in [3.05, 3.63) is 0 Å². The summed E-state index contributed by atoms with van der Waals surface area (Å²) in [5, 5.41) is 2.83. The van der Waals surface area contributed by atoms with E-state index in [1.165, 1.54) is 0 Å². The van der Waals surface area contributed by atoms with E-state index in [1.54, 1.807) is 0 Å². The second kappa shape index (κ2) is 19.1. The molecule has 0 aromatic rings. The molecule has 0 radical (unpaired) electrons. The second-order valence-electron chi connectivity index (χ2n) is 9.30. The number of carbonyl (C=O) groups excluding carboxylic acids is 3. The molecule has 1 N–H and O–H groups in total. The van der Waals surface area contributed by atoms with Crippen LogP contribution < -0.4 is 5.32 Å². The van der Waals surface area contributed by atoms with Gasteiger partial charge in [0, 0.05) is 38.1 Å². The summed E-state index contributed by atoms with van der Waals surface area (Å²) in [6.45, 7) is 14.0. The summed E-state index contributed by atoms with van der Waals surface area (Å²) in [4.78, 5) is 34.9. The Hall–Kier alpha value is -1.35. The van der Waals surface area contributed by atoms with E-state index in [0.29, 0.717) is 91.5 Å². The molecule has 0 bridgehead atoms. The molecule has 0 fully saturated rings. The number of nitrogens with one attached hydrogen (secondary N) is 1. The third-order valence-electron chi connectivity index (χ3n) is 4.42. The average molecular weight is 460 g/mol. The van der Waals surface area contributed by atoms with Crippen molar-refractivity contribution in [2.75, 3.05) is 59.4 Å². The van der Waals surface area contributed by atoms with Crippen LogP contribution in [0.2, 0.25) is 0 Å². The van der Waals surface area contributed by atoms with Gasteiger partial charge in [0.1, 0.15) is 11.6 Å². The van der Waals surface area contributed by atoms with E-state index in [2.05, 4.69) is 5.32 Å². The van der Waals surface area contributed by atoms with Gasteiger partial charge in [0.25, 0.3) is 0 Å². The normalized spacial score (nSPS) is 11.7. The van der Waals surface area contributed by atoms with Crippen LogP contribution in [0.25, 0.3) is 0 Å². The number of ketones is 2. The Bertz CT molecular complexity index is 515. The largest absolute Gasteiger partial charge is 0.379 e. The Morgan fingerprint density at radius 2 is 1.22 bits per heavy atom. The number of hydrogen-bond donors (Lipinski definition) is 1. The highest BCUT2D eigenvalue weighted by Gasteiger charge is 2.15. The molecule has 8 heteroatoms. The topological polar surface area (TPSA) is 100 Å². The molecular weight excluding hydrogens is 414 g/mol. The lowest BCUT2D eigenvalue weighted by Crippen LogP contribution is -2.30. The molecule has 32 heavy (non-hydrogen) atoms. The summed E-state index contributed by atoms with van der Waals surface area (Å²) >= 11 is 0. The fraction of sp³-hybridized carbons (Fsp3) is 0.875. The zero-order valence-corrected chi connectivity index (χ0v) is 20.8. The van der Waals surface area contributed by atoms with Gasteiger partial charge in [-0.1, -0.05) is 34.6 Å². The SMILES string of the molecule is CC(C)C(=O)CCCC(=O)CCOCCOCCOCCOCCNC(=O)CC(C)(C)C. The van der Waals surface area contributed by atoms with E-state index >= 15 is 0 Å². The Morgan fingerprint density at radius 1 is 0.719 bits per heavy atom. The summed E-state index contributed by atoms with van der Waals surface area (Å²) in [5.41, 5.74) is -0.0116. The van der Waals surface area contributed by atoms with E-state index in [4.69, 9.17) is 18.9 Å². The number of rotatable bonds is 21. The van der Waals surface area contributed by atoms with Crippen molar-refractivity contribution in [3.8, 4) is 0 Å². The van der Waals surface area contributed by atoms with Gasteiger partial charge < -0.3 is 24.3 Å². The van der Waals surface area contributed by atoms with Crippen molar-refractivity contribution >= 4 is 17.5 Å². The molecule has 0 spiro atoms. The van der Waals surface area contributed by atoms with Crippen molar-refractivity contribution in [1.29, 1.82) is 0 Å². The second-order valence-corrected chi connectivity index (χ2v) is 9.30. The van der Waals surface area contributed by atoms with Crippen molar-refractivity contribution in [2.24, 2.45) is 11.3 Å². The smallest absolute Gasteiger partial charge is 0.220 e. The average Bonchev–Trinajstić information content (AvgIpc) is 2.69. The zero-order chi connectivity index (χ0) is 24.2. The summed E-state index contributed by atoms with van der Waals surface area (Å²) in [6.07, 6.45) is 2.41. The van der Waals surface area contributed by atoms with Gasteiger partial charge in [0.15, 0.2) is 0 Å². The Labute approximate surface area is 194 Å². The molecule has 0 saturated carbocycles. The maximum atomic E-state index is 11.7. The molecular formula is C24H45NO7. The van der Waals surface area contributed by atoms with Gasteiger partial charge in [-0.2, -0.15) is 0 Å². The van der Waals surface area contributed by atoms with E-state index in [1.807, 2.05) is 34.6 Å². The fourth-order valence-electron chi connectivity index (χ4n) is 2.63. The van der Waals surface area contributed by atoms with Crippen LogP contribution in [0.1, 0.15) is 66.7 Å². The van der Waals surface area contributed by atoms with Crippen LogP contribution in [0.3, 0.4) is 0 Å². The van der Waals surface area contributed by atoms with Crippen molar-refractivity contribution < 1.29 is 33.3 Å². The number of carbonyl (C=O) groups is 3. The molecule has 188 valence electrons. The molecule has 0 aromatic carbocycles. The van der Waals surface area contributed by atoms with Gasteiger partial charge in [-0.3, -0.25) is 14.4 Å². The quantitative estimate of drug-likeness (QED) is 0.263. The van der Waals surface area contributed by atoms with E-state index in [0.717, 1.165) is 0 Å². The first-order valence-corrected chi connectivity index (χ1v) is 11.7. The van der Waals surface area contributed by atoms with Crippen LogP contribution in [0.4, 0.5) is 0 Å². The molecule has 0 unspecified atom stereocenters. The lowest BCUT2D eigenvalue weighted by molar-refractivity contribution is -0.124. The molecule has 0 aliphatic rings. The maximum Gasteiger partial charge on any atom is 0.220 e. The third-order valence-corrected chi connectivity index (χ3v) is 4.42. The molecule has 0 saturated heterocycles. The zero-order valence-electron chi connectivity index (χ0n) is 20.8. The molecule has 0 rings (SSSR count). The number of ether oxygens (including phenoxy) is 4. The van der Waals surface area contributed by atoms with E-state index in [9.17, 15) is 14.4 Å². The summed E-state index contributed by atoms with van der Waals surface area (Å²) in [7, 11) is 0. The predicted octanol–water partition coefficient (Wildman–Crippen LogP) is 2.96. The Balaban J connectivity index is 3.29. The van der Waals surface area contributed by atoms with Gasteiger partial charge in [-0.25, -0.2) is 0 Å². The minimum Gasteiger partial charge on any atom is -0.379 e.